The van der Waals surface area contributed by atoms with Gasteiger partial charge in [0.25, 0.3) is 0 Å². The van der Waals surface area contributed by atoms with Crippen LogP contribution in [0, 0.1) is 12.7 Å². The van der Waals surface area contributed by atoms with Crippen LogP contribution in [0.5, 0.6) is 0 Å². The van der Waals surface area contributed by atoms with Crippen LogP contribution in [-0.4, -0.2) is 43.9 Å². The van der Waals surface area contributed by atoms with Crippen LogP contribution in [0.1, 0.15) is 30.9 Å². The highest BCUT2D eigenvalue weighted by Crippen LogP contribution is 2.34. The lowest BCUT2D eigenvalue weighted by Gasteiger charge is -2.43. The molecule has 25 heavy (non-hydrogen) atoms. The molecule has 134 valence electrons. The van der Waals surface area contributed by atoms with Gasteiger partial charge in [-0.1, -0.05) is 24.3 Å². The van der Waals surface area contributed by atoms with Gasteiger partial charge in [-0.2, -0.15) is 5.10 Å². The van der Waals surface area contributed by atoms with E-state index in [9.17, 15) is 9.50 Å². The maximum absolute atomic E-state index is 14.7. The summed E-state index contributed by atoms with van der Waals surface area (Å²) >= 11 is 0. The standard InChI is InChI=1S/C19H25FN4O/c1-14-6-8-23(9-7-14)16(3)19(25,11-24-13-21-12-22-24)17-5-4-15(2)10-18(17)20/h4-5,10,12-13,16,25H,1,6-9,11H2,2-3H3/t16-,19-/m1/s1. The number of piperidine rings is 1. The molecule has 0 radical (unpaired) electrons. The van der Waals surface area contributed by atoms with Crippen molar-refractivity contribution in [2.45, 2.75) is 44.9 Å². The van der Waals surface area contributed by atoms with Crippen LogP contribution >= 0.6 is 0 Å². The van der Waals surface area contributed by atoms with Gasteiger partial charge in [0.05, 0.1) is 6.54 Å². The average Bonchev–Trinajstić information content (AvgIpc) is 3.07. The van der Waals surface area contributed by atoms with Crippen molar-refractivity contribution in [3.05, 3.63) is 59.9 Å². The second-order valence-corrected chi connectivity index (χ2v) is 6.96. The molecular weight excluding hydrogens is 319 g/mol. The summed E-state index contributed by atoms with van der Waals surface area (Å²) in [4.78, 5) is 6.14. The highest BCUT2D eigenvalue weighted by Gasteiger charge is 2.42. The van der Waals surface area contributed by atoms with Crippen molar-refractivity contribution < 1.29 is 9.50 Å². The van der Waals surface area contributed by atoms with E-state index < -0.39 is 11.4 Å². The Kier molecular flexibility index (Phi) is 5.01. The van der Waals surface area contributed by atoms with E-state index in [4.69, 9.17) is 0 Å². The summed E-state index contributed by atoms with van der Waals surface area (Å²) in [6.07, 6.45) is 4.77. The van der Waals surface area contributed by atoms with E-state index in [-0.39, 0.29) is 12.6 Å². The fourth-order valence-corrected chi connectivity index (χ4v) is 3.50. The third-order valence-corrected chi connectivity index (χ3v) is 5.20. The smallest absolute Gasteiger partial charge is 0.137 e. The molecule has 0 bridgehead atoms. The van der Waals surface area contributed by atoms with Gasteiger partial charge in [-0.3, -0.25) is 4.90 Å². The predicted octanol–water partition coefficient (Wildman–Crippen LogP) is 2.65. The van der Waals surface area contributed by atoms with Crippen LogP contribution in [0.2, 0.25) is 0 Å². The first-order valence-corrected chi connectivity index (χ1v) is 8.62. The topological polar surface area (TPSA) is 54.2 Å². The zero-order chi connectivity index (χ0) is 18.0. The second-order valence-electron chi connectivity index (χ2n) is 6.96. The molecule has 0 aliphatic carbocycles. The third-order valence-electron chi connectivity index (χ3n) is 5.20. The molecule has 5 nitrogen and oxygen atoms in total. The van der Waals surface area contributed by atoms with Gasteiger partial charge >= 0.3 is 0 Å². The molecule has 0 saturated carbocycles. The van der Waals surface area contributed by atoms with Gasteiger partial charge in [0.1, 0.15) is 24.1 Å². The van der Waals surface area contributed by atoms with Crippen molar-refractivity contribution in [1.29, 1.82) is 0 Å². The molecular formula is C19H25FN4O. The maximum atomic E-state index is 14.7. The van der Waals surface area contributed by atoms with Crippen LogP contribution in [0.25, 0.3) is 0 Å². The maximum Gasteiger partial charge on any atom is 0.137 e. The monoisotopic (exact) mass is 344 g/mol. The van der Waals surface area contributed by atoms with Crippen molar-refractivity contribution in [2.75, 3.05) is 13.1 Å². The number of halogens is 1. The van der Waals surface area contributed by atoms with Crippen LogP contribution in [0.4, 0.5) is 4.39 Å². The van der Waals surface area contributed by atoms with Gasteiger partial charge in [-0.15, -0.1) is 0 Å². The fourth-order valence-electron chi connectivity index (χ4n) is 3.50. The average molecular weight is 344 g/mol. The number of aryl methyl sites for hydroxylation is 1. The molecule has 0 unspecified atom stereocenters. The molecule has 1 N–H and O–H groups in total. The Morgan fingerprint density at radius 1 is 1.36 bits per heavy atom. The number of benzene rings is 1. The Hall–Kier alpha value is -2.05. The molecule has 0 amide bonds. The number of hydrogen-bond acceptors (Lipinski definition) is 4. The van der Waals surface area contributed by atoms with Gasteiger partial charge in [0.2, 0.25) is 0 Å². The largest absolute Gasteiger partial charge is 0.381 e. The number of aromatic nitrogens is 3. The van der Waals surface area contributed by atoms with E-state index in [1.54, 1.807) is 17.1 Å². The molecule has 0 spiro atoms. The van der Waals surface area contributed by atoms with Crippen molar-refractivity contribution in [1.82, 2.24) is 19.7 Å². The van der Waals surface area contributed by atoms with Gasteiger partial charge in [0, 0.05) is 24.7 Å². The van der Waals surface area contributed by atoms with Crippen LogP contribution in [0.3, 0.4) is 0 Å². The van der Waals surface area contributed by atoms with Gasteiger partial charge in [-0.25, -0.2) is 14.1 Å². The molecule has 1 fully saturated rings. The Balaban J connectivity index is 1.97. The number of likely N-dealkylation sites (tertiary alicyclic amines) is 1. The van der Waals surface area contributed by atoms with E-state index in [1.807, 2.05) is 19.9 Å². The molecule has 6 heteroatoms. The van der Waals surface area contributed by atoms with Gasteiger partial charge < -0.3 is 5.11 Å². The summed E-state index contributed by atoms with van der Waals surface area (Å²) < 4.78 is 16.3. The molecule has 1 saturated heterocycles. The Labute approximate surface area is 147 Å². The highest BCUT2D eigenvalue weighted by atomic mass is 19.1. The van der Waals surface area contributed by atoms with Crippen LogP contribution in [0.15, 0.2) is 43.0 Å². The zero-order valence-electron chi connectivity index (χ0n) is 14.8. The highest BCUT2D eigenvalue weighted by molar-refractivity contribution is 5.30. The Morgan fingerprint density at radius 3 is 2.68 bits per heavy atom. The van der Waals surface area contributed by atoms with Crippen molar-refractivity contribution in [3.8, 4) is 0 Å². The summed E-state index contributed by atoms with van der Waals surface area (Å²) in [5.41, 5.74) is 0.936. The van der Waals surface area contributed by atoms with E-state index in [0.717, 1.165) is 31.5 Å². The lowest BCUT2D eigenvalue weighted by molar-refractivity contribution is -0.0656. The summed E-state index contributed by atoms with van der Waals surface area (Å²) in [7, 11) is 0. The van der Waals surface area contributed by atoms with E-state index in [2.05, 4.69) is 21.6 Å². The minimum absolute atomic E-state index is 0.144. The quantitative estimate of drug-likeness (QED) is 0.848. The normalized spacial score (nSPS) is 19.6. The fraction of sp³-hybridized carbons (Fsp3) is 0.474. The molecule has 1 aliphatic rings. The lowest BCUT2D eigenvalue weighted by Crippen LogP contribution is -2.53. The van der Waals surface area contributed by atoms with Crippen molar-refractivity contribution >= 4 is 0 Å². The predicted molar refractivity (Wildman–Crippen MR) is 94.5 cm³/mol. The SMILES string of the molecule is C=C1CCN([C@H](C)[C@](O)(Cn2cncn2)c2ccc(C)cc2F)CC1. The van der Waals surface area contributed by atoms with Crippen LogP contribution < -0.4 is 0 Å². The lowest BCUT2D eigenvalue weighted by atomic mass is 9.84. The Morgan fingerprint density at radius 2 is 2.08 bits per heavy atom. The zero-order valence-corrected chi connectivity index (χ0v) is 14.8. The van der Waals surface area contributed by atoms with Crippen LogP contribution in [-0.2, 0) is 12.1 Å². The molecule has 1 aliphatic heterocycles. The first-order valence-electron chi connectivity index (χ1n) is 8.62. The first kappa shape index (κ1) is 17.8. The molecule has 1 aromatic carbocycles. The van der Waals surface area contributed by atoms with E-state index >= 15 is 0 Å². The van der Waals surface area contributed by atoms with Gasteiger partial charge in [0.15, 0.2) is 0 Å². The summed E-state index contributed by atoms with van der Waals surface area (Å²) in [6.45, 7) is 9.60. The first-order chi connectivity index (χ1) is 11.9. The van der Waals surface area contributed by atoms with Crippen molar-refractivity contribution in [3.63, 3.8) is 0 Å². The molecule has 2 heterocycles. The van der Waals surface area contributed by atoms with E-state index in [1.165, 1.54) is 18.0 Å². The summed E-state index contributed by atoms with van der Waals surface area (Å²) in [5.74, 6) is -0.393. The molecule has 1 aromatic heterocycles. The minimum atomic E-state index is -1.41. The Bertz CT molecular complexity index is 736. The molecule has 2 atom stereocenters. The number of rotatable bonds is 5. The van der Waals surface area contributed by atoms with Crippen molar-refractivity contribution in [2.24, 2.45) is 0 Å². The molecule has 2 aromatic rings. The van der Waals surface area contributed by atoms with Gasteiger partial charge in [-0.05, 0) is 38.3 Å². The second kappa shape index (κ2) is 7.06. The number of hydrogen-bond donors (Lipinski definition) is 1. The number of nitrogens with zero attached hydrogens (tertiary/aromatic N) is 4. The summed E-state index contributed by atoms with van der Waals surface area (Å²) in [6, 6.07) is 4.70. The van der Waals surface area contributed by atoms with E-state index in [0.29, 0.717) is 5.56 Å². The third kappa shape index (κ3) is 3.65. The summed E-state index contributed by atoms with van der Waals surface area (Å²) in [5, 5.41) is 15.7. The number of aliphatic hydroxyl groups is 1. The molecule has 3 rings (SSSR count). The minimum Gasteiger partial charge on any atom is -0.381 e.